The summed E-state index contributed by atoms with van der Waals surface area (Å²) in [5.74, 6) is -0.0647. The molecule has 3 amide bonds. The van der Waals surface area contributed by atoms with Crippen molar-refractivity contribution in [2.45, 2.75) is 19.6 Å². The van der Waals surface area contributed by atoms with E-state index in [4.69, 9.17) is 50.0 Å². The molecule has 158 valence electrons. The maximum atomic E-state index is 11.9. The Kier molecular flexibility index (Phi) is 6.65. The standard InChI is InChI=1S/C20H18Cl3N3O4/c1-9-16(19(24)27)17(26-20(28)25-9)11-5-14(23)18(15(6-11)29-2)30-8-10-3-4-12(21)7-13(10)22/h3-7,17H,8H2,1-2H3,(H2,24,27)(H2,25,26,28)/t17-/m0/s1. The van der Waals surface area contributed by atoms with Crippen LogP contribution in [-0.2, 0) is 11.4 Å². The Labute approximate surface area is 188 Å². The molecule has 0 saturated carbocycles. The number of nitrogens with one attached hydrogen (secondary N) is 2. The van der Waals surface area contributed by atoms with E-state index in [2.05, 4.69) is 10.6 Å². The normalized spacial score (nSPS) is 16.0. The lowest BCUT2D eigenvalue weighted by Crippen LogP contribution is -2.46. The van der Waals surface area contributed by atoms with Gasteiger partial charge >= 0.3 is 6.03 Å². The van der Waals surface area contributed by atoms with Gasteiger partial charge in [-0.2, -0.15) is 0 Å². The lowest BCUT2D eigenvalue weighted by molar-refractivity contribution is -0.115. The number of nitrogens with two attached hydrogens (primary N) is 1. The fourth-order valence-electron chi connectivity index (χ4n) is 3.11. The Bertz CT molecular complexity index is 1060. The number of urea groups is 1. The molecular weight excluding hydrogens is 453 g/mol. The summed E-state index contributed by atoms with van der Waals surface area (Å²) in [7, 11) is 1.45. The molecule has 0 unspecified atom stereocenters. The maximum Gasteiger partial charge on any atom is 0.319 e. The molecule has 3 rings (SSSR count). The third-order valence-electron chi connectivity index (χ3n) is 4.51. The van der Waals surface area contributed by atoms with Crippen LogP contribution in [0.25, 0.3) is 0 Å². The Balaban J connectivity index is 1.95. The molecule has 7 nitrogen and oxygen atoms in total. The van der Waals surface area contributed by atoms with Crippen LogP contribution >= 0.6 is 34.8 Å². The van der Waals surface area contributed by atoms with E-state index in [-0.39, 0.29) is 23.0 Å². The second-order valence-corrected chi connectivity index (χ2v) is 7.74. The number of hydrogen-bond acceptors (Lipinski definition) is 4. The molecule has 2 aromatic rings. The third kappa shape index (κ3) is 4.59. The number of methoxy groups -OCH3 is 1. The zero-order chi connectivity index (χ0) is 22.0. The van der Waals surface area contributed by atoms with Crippen LogP contribution in [0.2, 0.25) is 15.1 Å². The third-order valence-corrected chi connectivity index (χ3v) is 5.37. The SMILES string of the molecule is COc1cc([C@@H]2NC(=O)NC(C)=C2C(N)=O)cc(Cl)c1OCc1ccc(Cl)cc1Cl. The first-order chi connectivity index (χ1) is 14.2. The van der Waals surface area contributed by atoms with E-state index in [0.29, 0.717) is 32.6 Å². The predicted molar refractivity (Wildman–Crippen MR) is 115 cm³/mol. The molecule has 0 saturated heterocycles. The second-order valence-electron chi connectivity index (χ2n) is 6.49. The summed E-state index contributed by atoms with van der Waals surface area (Å²) in [6.45, 7) is 1.72. The van der Waals surface area contributed by atoms with Crippen LogP contribution in [0.1, 0.15) is 24.1 Å². The number of amides is 3. The van der Waals surface area contributed by atoms with Crippen molar-refractivity contribution in [3.8, 4) is 11.5 Å². The van der Waals surface area contributed by atoms with Crippen molar-refractivity contribution in [1.82, 2.24) is 10.6 Å². The molecule has 0 fully saturated rings. The highest BCUT2D eigenvalue weighted by molar-refractivity contribution is 6.35. The average molecular weight is 471 g/mol. The molecule has 30 heavy (non-hydrogen) atoms. The van der Waals surface area contributed by atoms with Crippen molar-refractivity contribution >= 4 is 46.7 Å². The van der Waals surface area contributed by atoms with Crippen molar-refractivity contribution in [2.24, 2.45) is 5.73 Å². The van der Waals surface area contributed by atoms with E-state index in [1.54, 1.807) is 37.3 Å². The second kappa shape index (κ2) is 9.04. The number of ether oxygens (including phenoxy) is 2. The zero-order valence-corrected chi connectivity index (χ0v) is 18.3. The van der Waals surface area contributed by atoms with Gasteiger partial charge in [-0.25, -0.2) is 4.79 Å². The molecule has 10 heteroatoms. The van der Waals surface area contributed by atoms with Gasteiger partial charge in [0.25, 0.3) is 0 Å². The van der Waals surface area contributed by atoms with Crippen LogP contribution in [0.3, 0.4) is 0 Å². The van der Waals surface area contributed by atoms with Crippen molar-refractivity contribution in [3.63, 3.8) is 0 Å². The minimum absolute atomic E-state index is 0.126. The fourth-order valence-corrected chi connectivity index (χ4v) is 3.84. The van der Waals surface area contributed by atoms with Crippen molar-refractivity contribution in [3.05, 3.63) is 67.8 Å². The van der Waals surface area contributed by atoms with Crippen molar-refractivity contribution in [1.29, 1.82) is 0 Å². The molecule has 0 aromatic heterocycles. The Morgan fingerprint density at radius 2 is 1.90 bits per heavy atom. The summed E-state index contributed by atoms with van der Waals surface area (Å²) in [6.07, 6.45) is 0. The molecule has 1 aliphatic heterocycles. The smallest absolute Gasteiger partial charge is 0.319 e. The van der Waals surface area contributed by atoms with Gasteiger partial charge in [-0.05, 0) is 36.8 Å². The lowest BCUT2D eigenvalue weighted by Gasteiger charge is -2.28. The van der Waals surface area contributed by atoms with Gasteiger partial charge in [-0.3, -0.25) is 4.79 Å². The van der Waals surface area contributed by atoms with Crippen LogP contribution in [0, 0.1) is 0 Å². The van der Waals surface area contributed by atoms with Crippen LogP contribution in [0.4, 0.5) is 4.79 Å². The number of primary amides is 1. The molecule has 4 N–H and O–H groups in total. The molecule has 0 bridgehead atoms. The molecule has 1 aliphatic rings. The van der Waals surface area contributed by atoms with Crippen LogP contribution in [0.5, 0.6) is 11.5 Å². The Hall–Kier alpha value is -2.61. The van der Waals surface area contributed by atoms with Crippen LogP contribution in [-0.4, -0.2) is 19.0 Å². The van der Waals surface area contributed by atoms with Crippen LogP contribution < -0.4 is 25.8 Å². The van der Waals surface area contributed by atoms with E-state index in [9.17, 15) is 9.59 Å². The van der Waals surface area contributed by atoms with Gasteiger partial charge in [-0.1, -0.05) is 40.9 Å². The molecule has 0 spiro atoms. The monoisotopic (exact) mass is 469 g/mol. The highest BCUT2D eigenvalue weighted by Crippen LogP contribution is 2.40. The summed E-state index contributed by atoms with van der Waals surface area (Å²) in [4.78, 5) is 23.9. The number of carbonyl (C=O) groups excluding carboxylic acids is 2. The highest BCUT2D eigenvalue weighted by atomic mass is 35.5. The van der Waals surface area contributed by atoms with Gasteiger partial charge in [0, 0.05) is 21.3 Å². The Morgan fingerprint density at radius 3 is 2.53 bits per heavy atom. The van der Waals surface area contributed by atoms with Crippen molar-refractivity contribution in [2.75, 3.05) is 7.11 Å². The maximum absolute atomic E-state index is 11.9. The minimum atomic E-state index is -0.789. The number of benzene rings is 2. The molecule has 2 aromatic carbocycles. The lowest BCUT2D eigenvalue weighted by atomic mass is 9.94. The number of halogens is 3. The molecule has 0 radical (unpaired) electrons. The van der Waals surface area contributed by atoms with Crippen molar-refractivity contribution < 1.29 is 19.1 Å². The average Bonchev–Trinajstić information content (AvgIpc) is 2.66. The van der Waals surface area contributed by atoms with Gasteiger partial charge in [-0.15, -0.1) is 0 Å². The van der Waals surface area contributed by atoms with E-state index in [1.165, 1.54) is 7.11 Å². The largest absolute Gasteiger partial charge is 0.493 e. The fraction of sp³-hybridized carbons (Fsp3) is 0.200. The van der Waals surface area contributed by atoms with Gasteiger partial charge in [0.2, 0.25) is 5.91 Å². The van der Waals surface area contributed by atoms with Gasteiger partial charge in [0.1, 0.15) is 6.61 Å². The zero-order valence-electron chi connectivity index (χ0n) is 16.0. The van der Waals surface area contributed by atoms with Gasteiger partial charge in [0.15, 0.2) is 11.5 Å². The summed E-state index contributed by atoms with van der Waals surface area (Å²) in [6, 6.07) is 7.01. The summed E-state index contributed by atoms with van der Waals surface area (Å²) >= 11 is 18.5. The molecular formula is C20H18Cl3N3O4. The number of carbonyl (C=O) groups is 2. The molecule has 0 aliphatic carbocycles. The number of hydrogen-bond donors (Lipinski definition) is 3. The summed E-state index contributed by atoms with van der Waals surface area (Å²) in [5.41, 5.74) is 7.31. The summed E-state index contributed by atoms with van der Waals surface area (Å²) in [5, 5.41) is 6.40. The Morgan fingerprint density at radius 1 is 1.17 bits per heavy atom. The van der Waals surface area contributed by atoms with Crippen LogP contribution in [0.15, 0.2) is 41.6 Å². The van der Waals surface area contributed by atoms with Gasteiger partial charge < -0.3 is 25.8 Å². The topological polar surface area (TPSA) is 103 Å². The number of allylic oxidation sites excluding steroid dienone is 1. The molecule has 1 heterocycles. The van der Waals surface area contributed by atoms with E-state index < -0.39 is 18.0 Å². The first-order valence-electron chi connectivity index (χ1n) is 8.73. The number of rotatable bonds is 6. The highest BCUT2D eigenvalue weighted by Gasteiger charge is 2.31. The first-order valence-corrected chi connectivity index (χ1v) is 9.87. The van der Waals surface area contributed by atoms with E-state index in [1.807, 2.05) is 0 Å². The quantitative estimate of drug-likeness (QED) is 0.584. The minimum Gasteiger partial charge on any atom is -0.493 e. The van der Waals surface area contributed by atoms with E-state index in [0.717, 1.165) is 0 Å². The summed E-state index contributed by atoms with van der Waals surface area (Å²) < 4.78 is 11.3. The molecule has 1 atom stereocenters. The first kappa shape index (κ1) is 22.1. The van der Waals surface area contributed by atoms with E-state index >= 15 is 0 Å². The predicted octanol–water partition coefficient (Wildman–Crippen LogP) is 4.35. The van der Waals surface area contributed by atoms with Gasteiger partial charge in [0.05, 0.1) is 23.7 Å².